The lowest BCUT2D eigenvalue weighted by molar-refractivity contribution is -0.130. The van der Waals surface area contributed by atoms with Crippen LogP contribution in [-0.2, 0) is 11.2 Å². The molecule has 1 aliphatic rings. The van der Waals surface area contributed by atoms with Crippen LogP contribution in [0.15, 0.2) is 52.5 Å². The maximum absolute atomic E-state index is 12.5. The molecule has 0 radical (unpaired) electrons. The normalized spacial score (nSPS) is 15.7. The summed E-state index contributed by atoms with van der Waals surface area (Å²) < 4.78 is 16.9. The molecule has 0 N–H and O–H groups in total. The van der Waals surface area contributed by atoms with E-state index in [4.69, 9.17) is 13.9 Å². The van der Waals surface area contributed by atoms with Gasteiger partial charge in [0.15, 0.2) is 28.4 Å². The van der Waals surface area contributed by atoms with Crippen LogP contribution in [0.1, 0.15) is 5.69 Å². The average molecular weight is 370 g/mol. The van der Waals surface area contributed by atoms with Gasteiger partial charge in [-0.15, -0.1) is 11.3 Å². The van der Waals surface area contributed by atoms with E-state index >= 15 is 0 Å². The van der Waals surface area contributed by atoms with Crippen LogP contribution in [0.3, 0.4) is 0 Å². The van der Waals surface area contributed by atoms with Crippen molar-refractivity contribution in [1.82, 2.24) is 9.88 Å². The Balaban J connectivity index is 1.34. The summed E-state index contributed by atoms with van der Waals surface area (Å²) in [5, 5.41) is 2.67. The second-order valence-corrected chi connectivity index (χ2v) is 6.93. The molecule has 0 bridgehead atoms. The third kappa shape index (κ3) is 3.57. The molecule has 134 valence electrons. The van der Waals surface area contributed by atoms with Crippen molar-refractivity contribution in [3.8, 4) is 22.3 Å². The Morgan fingerprint density at radius 1 is 1.27 bits per heavy atom. The number of furan rings is 1. The van der Waals surface area contributed by atoms with E-state index in [1.54, 1.807) is 18.2 Å². The van der Waals surface area contributed by atoms with E-state index in [-0.39, 0.29) is 18.4 Å². The quantitative estimate of drug-likeness (QED) is 0.690. The van der Waals surface area contributed by atoms with E-state index in [0.29, 0.717) is 24.7 Å². The lowest BCUT2D eigenvalue weighted by atomic mass is 10.2. The van der Waals surface area contributed by atoms with E-state index in [1.165, 1.54) is 11.3 Å². The number of ether oxygens (including phenoxy) is 2. The Kier molecular flexibility index (Phi) is 4.62. The highest BCUT2D eigenvalue weighted by atomic mass is 32.1. The maximum atomic E-state index is 12.5. The number of amides is 1. The molecule has 0 saturated heterocycles. The van der Waals surface area contributed by atoms with Gasteiger partial charge in [0.1, 0.15) is 6.61 Å². The summed E-state index contributed by atoms with van der Waals surface area (Å²) in [6.45, 7) is 0.885. The molecule has 3 aromatic rings. The molecule has 0 aliphatic carbocycles. The van der Waals surface area contributed by atoms with E-state index < -0.39 is 0 Å². The number of rotatable bonds is 5. The van der Waals surface area contributed by atoms with Crippen molar-refractivity contribution >= 4 is 17.2 Å². The highest BCUT2D eigenvalue weighted by Crippen LogP contribution is 2.31. The van der Waals surface area contributed by atoms with Crippen LogP contribution in [0, 0.1) is 0 Å². The topological polar surface area (TPSA) is 64.8 Å². The van der Waals surface area contributed by atoms with E-state index in [0.717, 1.165) is 16.5 Å². The zero-order valence-electron chi connectivity index (χ0n) is 14.3. The molecule has 1 amide bonds. The van der Waals surface area contributed by atoms with Gasteiger partial charge in [-0.05, 0) is 24.3 Å². The Morgan fingerprint density at radius 3 is 2.92 bits per heavy atom. The summed E-state index contributed by atoms with van der Waals surface area (Å²) in [6.07, 6.45) is 1.67. The number of carbonyl (C=O) groups excluding carboxylic acids is 1. The van der Waals surface area contributed by atoms with Crippen molar-refractivity contribution in [2.75, 3.05) is 20.2 Å². The molecular weight excluding hydrogens is 352 g/mol. The lowest BCUT2D eigenvalue weighted by Crippen LogP contribution is -2.42. The largest absolute Gasteiger partial charge is 0.486 e. The fourth-order valence-electron chi connectivity index (χ4n) is 2.75. The molecule has 0 fully saturated rings. The number of fused-ring (bicyclic) bond motifs is 1. The molecule has 2 aromatic heterocycles. The van der Waals surface area contributed by atoms with Crippen LogP contribution in [0.25, 0.3) is 10.8 Å². The second-order valence-electron chi connectivity index (χ2n) is 6.07. The molecule has 1 aliphatic heterocycles. The highest BCUT2D eigenvalue weighted by Gasteiger charge is 2.24. The first-order valence-electron chi connectivity index (χ1n) is 8.30. The number of nitrogens with zero attached hydrogens (tertiary/aromatic N) is 2. The number of aromatic nitrogens is 1. The summed E-state index contributed by atoms with van der Waals surface area (Å²) in [6, 6.07) is 11.2. The van der Waals surface area contributed by atoms with E-state index in [2.05, 4.69) is 4.98 Å². The van der Waals surface area contributed by atoms with Gasteiger partial charge in [0.25, 0.3) is 0 Å². The van der Waals surface area contributed by atoms with Gasteiger partial charge < -0.3 is 18.8 Å². The van der Waals surface area contributed by atoms with Crippen LogP contribution >= 0.6 is 11.3 Å². The Morgan fingerprint density at radius 2 is 2.12 bits per heavy atom. The second kappa shape index (κ2) is 7.21. The molecule has 1 atom stereocenters. The highest BCUT2D eigenvalue weighted by molar-refractivity contribution is 7.13. The average Bonchev–Trinajstić information content (AvgIpc) is 3.33. The first-order valence-corrected chi connectivity index (χ1v) is 9.18. The SMILES string of the molecule is CN(C[C@@H]1COc2ccccc2O1)C(=O)Cc1csc(-c2ccco2)n1. The molecule has 26 heavy (non-hydrogen) atoms. The molecule has 1 aromatic carbocycles. The van der Waals surface area contributed by atoms with Crippen LogP contribution in [0.2, 0.25) is 0 Å². The molecule has 0 saturated carbocycles. The number of para-hydroxylation sites is 2. The first kappa shape index (κ1) is 16.7. The summed E-state index contributed by atoms with van der Waals surface area (Å²) in [5.74, 6) is 2.16. The Labute approximate surface area is 155 Å². The van der Waals surface area contributed by atoms with Crippen molar-refractivity contribution < 1.29 is 18.7 Å². The van der Waals surface area contributed by atoms with Gasteiger partial charge in [-0.1, -0.05) is 12.1 Å². The van der Waals surface area contributed by atoms with Gasteiger partial charge in [0.2, 0.25) is 5.91 Å². The van der Waals surface area contributed by atoms with Gasteiger partial charge in [-0.3, -0.25) is 4.79 Å². The Bertz CT molecular complexity index is 891. The van der Waals surface area contributed by atoms with E-state index in [1.807, 2.05) is 41.8 Å². The van der Waals surface area contributed by atoms with Gasteiger partial charge >= 0.3 is 0 Å². The minimum atomic E-state index is -0.187. The monoisotopic (exact) mass is 370 g/mol. The first-order chi connectivity index (χ1) is 12.7. The number of hydrogen-bond acceptors (Lipinski definition) is 6. The number of benzene rings is 1. The maximum Gasteiger partial charge on any atom is 0.228 e. The van der Waals surface area contributed by atoms with Crippen LogP contribution < -0.4 is 9.47 Å². The van der Waals surface area contributed by atoms with E-state index in [9.17, 15) is 4.79 Å². The third-order valence-corrected chi connectivity index (χ3v) is 4.99. The zero-order valence-corrected chi connectivity index (χ0v) is 15.1. The molecule has 7 heteroatoms. The predicted octanol–water partition coefficient (Wildman–Crippen LogP) is 3.24. The number of hydrogen-bond donors (Lipinski definition) is 0. The molecular formula is C19H18N2O4S. The smallest absolute Gasteiger partial charge is 0.228 e. The minimum absolute atomic E-state index is 0.0104. The van der Waals surface area contributed by atoms with Crippen molar-refractivity contribution in [3.63, 3.8) is 0 Å². The third-order valence-electron chi connectivity index (χ3n) is 4.09. The summed E-state index contributed by atoms with van der Waals surface area (Å²) in [7, 11) is 1.77. The summed E-state index contributed by atoms with van der Waals surface area (Å²) in [4.78, 5) is 18.6. The molecule has 4 rings (SSSR count). The predicted molar refractivity (Wildman–Crippen MR) is 97.5 cm³/mol. The fraction of sp³-hybridized carbons (Fsp3) is 0.263. The lowest BCUT2D eigenvalue weighted by Gasteiger charge is -2.29. The van der Waals surface area contributed by atoms with Crippen LogP contribution in [0.5, 0.6) is 11.5 Å². The van der Waals surface area contributed by atoms with Crippen LogP contribution in [0.4, 0.5) is 0 Å². The summed E-state index contributed by atoms with van der Waals surface area (Å²) in [5.41, 5.74) is 0.740. The number of thiazole rings is 1. The van der Waals surface area contributed by atoms with Gasteiger partial charge in [-0.2, -0.15) is 0 Å². The van der Waals surface area contributed by atoms with Crippen molar-refractivity contribution in [3.05, 3.63) is 53.7 Å². The number of likely N-dealkylation sites (N-methyl/N-ethyl adjacent to an activating group) is 1. The van der Waals surface area contributed by atoms with Gasteiger partial charge in [0.05, 0.1) is 24.9 Å². The van der Waals surface area contributed by atoms with Crippen molar-refractivity contribution in [2.24, 2.45) is 0 Å². The minimum Gasteiger partial charge on any atom is -0.486 e. The summed E-state index contributed by atoms with van der Waals surface area (Å²) >= 11 is 1.47. The number of carbonyl (C=O) groups is 1. The van der Waals surface area contributed by atoms with Gasteiger partial charge in [0, 0.05) is 12.4 Å². The fourth-order valence-corrected chi connectivity index (χ4v) is 3.54. The Hall–Kier alpha value is -2.80. The standard InChI is InChI=1S/C19H18N2O4S/c1-21(10-14-11-24-15-5-2-3-6-16(15)25-14)18(22)9-13-12-26-19(20-13)17-7-4-8-23-17/h2-8,12,14H,9-11H2,1H3/t14-/m1/s1. The van der Waals surface area contributed by atoms with Crippen molar-refractivity contribution in [2.45, 2.75) is 12.5 Å². The van der Waals surface area contributed by atoms with Crippen LogP contribution in [-0.4, -0.2) is 42.1 Å². The van der Waals surface area contributed by atoms with Gasteiger partial charge in [-0.25, -0.2) is 4.98 Å². The molecule has 0 spiro atoms. The molecule has 0 unspecified atom stereocenters. The van der Waals surface area contributed by atoms with Crippen molar-refractivity contribution in [1.29, 1.82) is 0 Å². The molecule has 6 nitrogen and oxygen atoms in total. The zero-order chi connectivity index (χ0) is 17.9. The molecule has 3 heterocycles.